The minimum Gasteiger partial charge on any atom is -0.369 e. The predicted molar refractivity (Wildman–Crippen MR) is 72.4 cm³/mol. The third-order valence-corrected chi connectivity index (χ3v) is 4.92. The van der Waals surface area contributed by atoms with Crippen molar-refractivity contribution in [2.45, 2.75) is 64.4 Å². The first-order valence-corrected chi connectivity index (χ1v) is 7.34. The lowest BCUT2D eigenvalue weighted by Crippen LogP contribution is -2.46. The van der Waals surface area contributed by atoms with Gasteiger partial charge in [-0.3, -0.25) is 4.79 Å². The molecule has 1 saturated carbocycles. The van der Waals surface area contributed by atoms with E-state index in [0.29, 0.717) is 5.41 Å². The molecule has 0 radical (unpaired) electrons. The largest absolute Gasteiger partial charge is 0.369 e. The average Bonchev–Trinajstić information content (AvgIpc) is 2.62. The molecule has 2 rings (SSSR count). The van der Waals surface area contributed by atoms with E-state index in [1.165, 1.54) is 44.9 Å². The van der Waals surface area contributed by atoms with Crippen molar-refractivity contribution in [1.29, 1.82) is 0 Å². The fourth-order valence-electron chi connectivity index (χ4n) is 3.46. The van der Waals surface area contributed by atoms with Crippen LogP contribution in [0.5, 0.6) is 0 Å². The summed E-state index contributed by atoms with van der Waals surface area (Å²) in [5.41, 5.74) is -0.244. The molecule has 0 bridgehead atoms. The molecule has 1 spiro atoms. The summed E-state index contributed by atoms with van der Waals surface area (Å²) in [5.74, 6) is 0.158. The van der Waals surface area contributed by atoms with E-state index in [0.717, 1.165) is 13.1 Å². The first-order valence-electron chi connectivity index (χ1n) is 7.34. The molecular formula is C15H27NO2. The van der Waals surface area contributed by atoms with E-state index in [1.807, 2.05) is 18.7 Å². The molecule has 0 N–H and O–H groups in total. The van der Waals surface area contributed by atoms with Crippen LogP contribution in [0.15, 0.2) is 0 Å². The molecule has 3 nitrogen and oxygen atoms in total. The van der Waals surface area contributed by atoms with Crippen molar-refractivity contribution in [1.82, 2.24) is 4.90 Å². The van der Waals surface area contributed by atoms with Gasteiger partial charge in [0.1, 0.15) is 5.60 Å². The van der Waals surface area contributed by atoms with Crippen LogP contribution in [0.2, 0.25) is 0 Å². The lowest BCUT2D eigenvalue weighted by atomic mass is 9.80. The van der Waals surface area contributed by atoms with Crippen molar-refractivity contribution in [2.24, 2.45) is 5.41 Å². The highest BCUT2D eigenvalue weighted by molar-refractivity contribution is 5.84. The Morgan fingerprint density at radius 3 is 2.28 bits per heavy atom. The van der Waals surface area contributed by atoms with E-state index in [-0.39, 0.29) is 5.91 Å². The third-order valence-electron chi connectivity index (χ3n) is 4.92. The van der Waals surface area contributed by atoms with Crippen molar-refractivity contribution in [3.63, 3.8) is 0 Å². The summed E-state index contributed by atoms with van der Waals surface area (Å²) in [6.45, 7) is 5.62. The second-order valence-electron chi connectivity index (χ2n) is 6.61. The van der Waals surface area contributed by atoms with Crippen LogP contribution in [-0.2, 0) is 9.53 Å². The molecule has 0 aromatic heterocycles. The van der Waals surface area contributed by atoms with Crippen molar-refractivity contribution < 1.29 is 9.53 Å². The summed E-state index contributed by atoms with van der Waals surface area (Å²) in [7, 11) is 1.62. The van der Waals surface area contributed by atoms with Crippen LogP contribution >= 0.6 is 0 Å². The van der Waals surface area contributed by atoms with Crippen LogP contribution in [-0.4, -0.2) is 36.6 Å². The van der Waals surface area contributed by atoms with E-state index >= 15 is 0 Å². The zero-order valence-electron chi connectivity index (χ0n) is 12.1. The van der Waals surface area contributed by atoms with Gasteiger partial charge in [0.25, 0.3) is 5.91 Å². The zero-order valence-corrected chi connectivity index (χ0v) is 12.1. The summed E-state index contributed by atoms with van der Waals surface area (Å²) in [6, 6.07) is 0. The lowest BCUT2D eigenvalue weighted by molar-refractivity contribution is -0.150. The van der Waals surface area contributed by atoms with Gasteiger partial charge in [0.05, 0.1) is 0 Å². The maximum Gasteiger partial charge on any atom is 0.254 e. The average molecular weight is 253 g/mol. The highest BCUT2D eigenvalue weighted by Gasteiger charge is 2.43. The van der Waals surface area contributed by atoms with E-state index in [9.17, 15) is 4.79 Å². The minimum absolute atomic E-state index is 0.158. The first kappa shape index (κ1) is 13.9. The fourth-order valence-corrected chi connectivity index (χ4v) is 3.46. The standard InChI is InChI=1S/C15H27NO2/c1-14(2,18-3)13(17)16-11-10-15(12-16)8-6-4-5-7-9-15/h4-12H2,1-3H3. The molecule has 104 valence electrons. The number of likely N-dealkylation sites (tertiary alicyclic amines) is 1. The Morgan fingerprint density at radius 1 is 1.11 bits per heavy atom. The fraction of sp³-hybridized carbons (Fsp3) is 0.933. The van der Waals surface area contributed by atoms with Crippen molar-refractivity contribution in [3.05, 3.63) is 0 Å². The Morgan fingerprint density at radius 2 is 1.72 bits per heavy atom. The monoisotopic (exact) mass is 253 g/mol. The summed E-state index contributed by atoms with van der Waals surface area (Å²) < 4.78 is 5.32. The second kappa shape index (κ2) is 5.20. The zero-order chi connectivity index (χ0) is 13.2. The number of carbonyl (C=O) groups excluding carboxylic acids is 1. The van der Waals surface area contributed by atoms with Gasteiger partial charge in [0.15, 0.2) is 0 Å². The molecular weight excluding hydrogens is 226 g/mol. The first-order chi connectivity index (χ1) is 8.49. The number of hydrogen-bond acceptors (Lipinski definition) is 2. The lowest BCUT2D eigenvalue weighted by Gasteiger charge is -2.31. The summed E-state index contributed by atoms with van der Waals surface area (Å²) in [5, 5.41) is 0. The molecule has 0 atom stereocenters. The predicted octanol–water partition coefficient (Wildman–Crippen LogP) is 2.98. The maximum absolute atomic E-state index is 12.4. The van der Waals surface area contributed by atoms with E-state index < -0.39 is 5.60 Å². The van der Waals surface area contributed by atoms with Gasteiger partial charge >= 0.3 is 0 Å². The third kappa shape index (κ3) is 2.71. The number of nitrogens with zero attached hydrogens (tertiary/aromatic N) is 1. The van der Waals surface area contributed by atoms with Crippen molar-refractivity contribution >= 4 is 5.91 Å². The Hall–Kier alpha value is -0.570. The number of carbonyl (C=O) groups is 1. The van der Waals surface area contributed by atoms with Gasteiger partial charge in [0, 0.05) is 20.2 Å². The van der Waals surface area contributed by atoms with Crippen LogP contribution in [0.3, 0.4) is 0 Å². The van der Waals surface area contributed by atoms with Gasteiger partial charge in [0.2, 0.25) is 0 Å². The molecule has 0 unspecified atom stereocenters. The highest BCUT2D eigenvalue weighted by Crippen LogP contribution is 2.43. The molecule has 2 fully saturated rings. The van der Waals surface area contributed by atoms with Crippen LogP contribution in [0.25, 0.3) is 0 Å². The molecule has 0 aromatic carbocycles. The smallest absolute Gasteiger partial charge is 0.254 e. The second-order valence-corrected chi connectivity index (χ2v) is 6.61. The quantitative estimate of drug-likeness (QED) is 0.757. The van der Waals surface area contributed by atoms with Gasteiger partial charge in [-0.05, 0) is 38.5 Å². The summed E-state index contributed by atoms with van der Waals surface area (Å²) in [6.07, 6.45) is 9.25. The summed E-state index contributed by atoms with van der Waals surface area (Å²) in [4.78, 5) is 14.4. The number of amides is 1. The van der Waals surface area contributed by atoms with Gasteiger partial charge in [-0.25, -0.2) is 0 Å². The molecule has 1 saturated heterocycles. The maximum atomic E-state index is 12.4. The normalized spacial score (nSPS) is 24.3. The van der Waals surface area contributed by atoms with E-state index in [4.69, 9.17) is 4.74 Å². The summed E-state index contributed by atoms with van der Waals surface area (Å²) >= 11 is 0. The molecule has 0 aromatic rings. The Balaban J connectivity index is 2.01. The minimum atomic E-state index is -0.670. The van der Waals surface area contributed by atoms with E-state index in [1.54, 1.807) is 7.11 Å². The number of hydrogen-bond donors (Lipinski definition) is 0. The van der Waals surface area contributed by atoms with E-state index in [2.05, 4.69) is 0 Å². The van der Waals surface area contributed by atoms with Gasteiger partial charge in [-0.1, -0.05) is 25.7 Å². The molecule has 18 heavy (non-hydrogen) atoms. The van der Waals surface area contributed by atoms with Gasteiger partial charge < -0.3 is 9.64 Å². The van der Waals surface area contributed by atoms with Gasteiger partial charge in [-0.2, -0.15) is 0 Å². The SMILES string of the molecule is COC(C)(C)C(=O)N1CCC2(CCCCCC2)C1. The number of methoxy groups -OCH3 is 1. The molecule has 1 aliphatic carbocycles. The van der Waals surface area contributed by atoms with Crippen LogP contribution in [0, 0.1) is 5.41 Å². The van der Waals surface area contributed by atoms with Crippen LogP contribution < -0.4 is 0 Å². The highest BCUT2D eigenvalue weighted by atomic mass is 16.5. The topological polar surface area (TPSA) is 29.5 Å². The number of rotatable bonds is 2. The Labute approximate surface area is 111 Å². The Kier molecular flexibility index (Phi) is 4.00. The van der Waals surface area contributed by atoms with Crippen LogP contribution in [0.1, 0.15) is 58.8 Å². The van der Waals surface area contributed by atoms with Crippen molar-refractivity contribution in [2.75, 3.05) is 20.2 Å². The van der Waals surface area contributed by atoms with Gasteiger partial charge in [-0.15, -0.1) is 0 Å². The van der Waals surface area contributed by atoms with Crippen molar-refractivity contribution in [3.8, 4) is 0 Å². The molecule has 1 heterocycles. The van der Waals surface area contributed by atoms with Crippen LogP contribution in [0.4, 0.5) is 0 Å². The molecule has 1 amide bonds. The number of ether oxygens (including phenoxy) is 1. The molecule has 1 aliphatic heterocycles. The molecule has 3 heteroatoms. The Bertz CT molecular complexity index is 304. The molecule has 2 aliphatic rings.